The Morgan fingerprint density at radius 3 is 2.58 bits per heavy atom. The third kappa shape index (κ3) is 4.46. The maximum Gasteiger partial charge on any atom is 0.264 e. The molecule has 0 bridgehead atoms. The molecule has 2 heterocycles. The van der Waals surface area contributed by atoms with Gasteiger partial charge in [-0.2, -0.15) is 10.1 Å². The van der Waals surface area contributed by atoms with Crippen LogP contribution in [0.4, 0.5) is 11.5 Å². The minimum Gasteiger partial charge on any atom is -0.383 e. The van der Waals surface area contributed by atoms with Crippen molar-refractivity contribution in [1.82, 2.24) is 19.9 Å². The van der Waals surface area contributed by atoms with E-state index in [1.54, 1.807) is 0 Å². The molecule has 0 fully saturated rings. The quantitative estimate of drug-likeness (QED) is 0.421. The van der Waals surface area contributed by atoms with E-state index in [1.165, 1.54) is 22.0 Å². The van der Waals surface area contributed by atoms with E-state index in [1.807, 2.05) is 60.9 Å². The number of nitrogen functional groups attached to an aromatic ring is 1. The Hall–Kier alpha value is -3.59. The second kappa shape index (κ2) is 9.05. The molecule has 0 saturated heterocycles. The minimum atomic E-state index is -0.229. The summed E-state index contributed by atoms with van der Waals surface area (Å²) in [4.78, 5) is 17.0. The number of hydrogen-bond acceptors (Lipinski definition) is 7. The third-order valence-electron chi connectivity index (χ3n) is 4.76. The van der Waals surface area contributed by atoms with Crippen LogP contribution in [-0.2, 0) is 17.8 Å². The van der Waals surface area contributed by atoms with E-state index >= 15 is 0 Å². The molecular weight excluding hydrogens is 412 g/mol. The second-order valence-electron chi connectivity index (χ2n) is 6.81. The van der Waals surface area contributed by atoms with E-state index in [4.69, 9.17) is 10.3 Å². The van der Waals surface area contributed by atoms with Crippen molar-refractivity contribution < 1.29 is 9.32 Å². The first-order valence-electron chi connectivity index (χ1n) is 9.77. The fourth-order valence-corrected chi connectivity index (χ4v) is 3.68. The number of nitrogens with one attached hydrogen (secondary N) is 1. The maximum atomic E-state index is 12.5. The predicted octanol–water partition coefficient (Wildman–Crippen LogP) is 4.11. The summed E-state index contributed by atoms with van der Waals surface area (Å²) in [5, 5.41) is 12.0. The lowest BCUT2D eigenvalue weighted by Gasteiger charge is -2.07. The Balaban J connectivity index is 1.55. The summed E-state index contributed by atoms with van der Waals surface area (Å²) >= 11 is 1.39. The van der Waals surface area contributed by atoms with Crippen LogP contribution >= 0.6 is 11.8 Å². The molecule has 2 aromatic carbocycles. The van der Waals surface area contributed by atoms with E-state index in [-0.39, 0.29) is 18.3 Å². The third-order valence-corrected chi connectivity index (χ3v) is 5.44. The number of carbonyl (C=O) groups is 1. The van der Waals surface area contributed by atoms with E-state index in [2.05, 4.69) is 27.5 Å². The summed E-state index contributed by atoms with van der Waals surface area (Å²) in [5.41, 5.74) is 9.62. The summed E-state index contributed by atoms with van der Waals surface area (Å²) in [6.07, 6.45) is 2.82. The number of rotatable bonds is 7. The SMILES string of the molecule is CCc1ccc(NC(=O)Cn2nc(SC)c(-c3nc(-c4ccccc4)no3)c2N)cc1. The minimum absolute atomic E-state index is 0.0331. The van der Waals surface area contributed by atoms with Crippen LogP contribution in [0.3, 0.4) is 0 Å². The highest BCUT2D eigenvalue weighted by molar-refractivity contribution is 7.98. The van der Waals surface area contributed by atoms with Crippen molar-refractivity contribution in [2.75, 3.05) is 17.3 Å². The molecule has 8 nitrogen and oxygen atoms in total. The van der Waals surface area contributed by atoms with E-state index < -0.39 is 0 Å². The van der Waals surface area contributed by atoms with Gasteiger partial charge in [0, 0.05) is 11.3 Å². The maximum absolute atomic E-state index is 12.5. The second-order valence-corrected chi connectivity index (χ2v) is 7.61. The van der Waals surface area contributed by atoms with Crippen molar-refractivity contribution in [3.8, 4) is 22.8 Å². The summed E-state index contributed by atoms with van der Waals surface area (Å²) < 4.78 is 6.90. The Kier molecular flexibility index (Phi) is 6.03. The molecule has 0 saturated carbocycles. The molecule has 158 valence electrons. The van der Waals surface area contributed by atoms with Crippen LogP contribution in [-0.4, -0.2) is 32.1 Å². The summed E-state index contributed by atoms with van der Waals surface area (Å²) in [6.45, 7) is 2.05. The van der Waals surface area contributed by atoms with Crippen molar-refractivity contribution in [3.05, 3.63) is 60.2 Å². The van der Waals surface area contributed by atoms with Crippen LogP contribution in [0.25, 0.3) is 22.8 Å². The molecule has 2 aromatic heterocycles. The number of nitrogens with two attached hydrogens (primary N) is 1. The van der Waals surface area contributed by atoms with Crippen molar-refractivity contribution in [2.45, 2.75) is 24.9 Å². The first-order chi connectivity index (χ1) is 15.1. The van der Waals surface area contributed by atoms with Gasteiger partial charge in [0.25, 0.3) is 5.89 Å². The zero-order valence-corrected chi connectivity index (χ0v) is 18.0. The average Bonchev–Trinajstić information content (AvgIpc) is 3.39. The number of carbonyl (C=O) groups excluding carboxylic acids is 1. The molecule has 3 N–H and O–H groups in total. The van der Waals surface area contributed by atoms with Gasteiger partial charge in [0.15, 0.2) is 0 Å². The highest BCUT2D eigenvalue weighted by Crippen LogP contribution is 2.34. The lowest BCUT2D eigenvalue weighted by atomic mass is 10.1. The number of thioether (sulfide) groups is 1. The fourth-order valence-electron chi connectivity index (χ4n) is 3.11. The highest BCUT2D eigenvalue weighted by atomic mass is 32.2. The van der Waals surface area contributed by atoms with Crippen LogP contribution in [0.15, 0.2) is 64.1 Å². The highest BCUT2D eigenvalue weighted by Gasteiger charge is 2.23. The molecule has 31 heavy (non-hydrogen) atoms. The Morgan fingerprint density at radius 2 is 1.90 bits per heavy atom. The van der Waals surface area contributed by atoms with Crippen molar-refractivity contribution >= 4 is 29.2 Å². The Bertz CT molecular complexity index is 1180. The molecule has 4 aromatic rings. The first-order valence-corrected chi connectivity index (χ1v) is 11.0. The van der Waals surface area contributed by atoms with E-state index in [0.29, 0.717) is 22.2 Å². The Labute approximate surface area is 183 Å². The monoisotopic (exact) mass is 434 g/mol. The van der Waals surface area contributed by atoms with Crippen LogP contribution < -0.4 is 11.1 Å². The van der Waals surface area contributed by atoms with Gasteiger partial charge in [0.1, 0.15) is 23.0 Å². The number of amides is 1. The molecule has 1 amide bonds. The smallest absolute Gasteiger partial charge is 0.264 e. The topological polar surface area (TPSA) is 112 Å². The van der Waals surface area contributed by atoms with E-state index in [9.17, 15) is 4.79 Å². The summed E-state index contributed by atoms with van der Waals surface area (Å²) in [7, 11) is 0. The number of nitrogens with zero attached hydrogens (tertiary/aromatic N) is 4. The molecule has 0 aliphatic rings. The molecule has 4 rings (SSSR count). The fraction of sp³-hybridized carbons (Fsp3) is 0.182. The number of hydrogen-bond donors (Lipinski definition) is 2. The molecule has 0 unspecified atom stereocenters. The lowest BCUT2D eigenvalue weighted by molar-refractivity contribution is -0.116. The average molecular weight is 435 g/mol. The van der Waals surface area contributed by atoms with Gasteiger partial charge in [-0.15, -0.1) is 11.8 Å². The molecule has 0 aliphatic heterocycles. The number of aromatic nitrogens is 4. The van der Waals surface area contributed by atoms with Crippen molar-refractivity contribution in [2.24, 2.45) is 0 Å². The normalized spacial score (nSPS) is 10.9. The molecule has 0 atom stereocenters. The zero-order valence-electron chi connectivity index (χ0n) is 17.2. The van der Waals surface area contributed by atoms with Gasteiger partial charge >= 0.3 is 0 Å². The van der Waals surface area contributed by atoms with Gasteiger partial charge in [0.05, 0.1) is 0 Å². The predicted molar refractivity (Wildman–Crippen MR) is 122 cm³/mol. The van der Waals surface area contributed by atoms with E-state index in [0.717, 1.165) is 17.7 Å². The zero-order chi connectivity index (χ0) is 21.8. The van der Waals surface area contributed by atoms with Gasteiger partial charge in [-0.25, -0.2) is 4.68 Å². The number of anilines is 2. The van der Waals surface area contributed by atoms with Gasteiger partial charge in [-0.05, 0) is 30.4 Å². The number of aryl methyl sites for hydroxylation is 1. The molecule has 0 spiro atoms. The molecule has 0 aliphatic carbocycles. The number of benzene rings is 2. The van der Waals surface area contributed by atoms with Crippen LogP contribution in [0.1, 0.15) is 12.5 Å². The van der Waals surface area contributed by atoms with Gasteiger partial charge in [-0.3, -0.25) is 4.79 Å². The van der Waals surface area contributed by atoms with Crippen molar-refractivity contribution in [1.29, 1.82) is 0 Å². The van der Waals surface area contributed by atoms with Crippen LogP contribution in [0.5, 0.6) is 0 Å². The molecular formula is C22H22N6O2S. The lowest BCUT2D eigenvalue weighted by Crippen LogP contribution is -2.20. The van der Waals surface area contributed by atoms with Crippen molar-refractivity contribution in [3.63, 3.8) is 0 Å². The van der Waals surface area contributed by atoms with Crippen LogP contribution in [0, 0.1) is 0 Å². The van der Waals surface area contributed by atoms with Gasteiger partial charge < -0.3 is 15.6 Å². The van der Waals surface area contributed by atoms with Gasteiger partial charge in [-0.1, -0.05) is 54.5 Å². The Morgan fingerprint density at radius 1 is 1.16 bits per heavy atom. The first kappa shape index (κ1) is 20.7. The standard InChI is InChI=1S/C22H22N6O2S/c1-3-14-9-11-16(12-10-14)24-17(29)13-28-19(23)18(22(26-28)31-2)21-25-20(27-30-21)15-7-5-4-6-8-15/h4-12H,3,13,23H2,1-2H3,(H,24,29). The molecule has 0 radical (unpaired) electrons. The largest absolute Gasteiger partial charge is 0.383 e. The summed E-state index contributed by atoms with van der Waals surface area (Å²) in [5.74, 6) is 0.794. The summed E-state index contributed by atoms with van der Waals surface area (Å²) in [6, 6.07) is 17.3. The van der Waals surface area contributed by atoms with Gasteiger partial charge in [0.2, 0.25) is 11.7 Å². The molecule has 9 heteroatoms. The van der Waals surface area contributed by atoms with Crippen LogP contribution in [0.2, 0.25) is 0 Å².